The third kappa shape index (κ3) is 5.05. The summed E-state index contributed by atoms with van der Waals surface area (Å²) in [5, 5.41) is 2.76. The van der Waals surface area contributed by atoms with Gasteiger partial charge in [-0.05, 0) is 24.6 Å². The summed E-state index contributed by atoms with van der Waals surface area (Å²) < 4.78 is 51.1. The van der Waals surface area contributed by atoms with Crippen LogP contribution in [-0.4, -0.2) is 50.6 Å². The Hall–Kier alpha value is -1.90. The van der Waals surface area contributed by atoms with Crippen molar-refractivity contribution in [1.29, 1.82) is 0 Å². The van der Waals surface area contributed by atoms with Gasteiger partial charge in [0.25, 0.3) is 0 Å². The van der Waals surface area contributed by atoms with Crippen molar-refractivity contribution in [1.82, 2.24) is 10.2 Å². The second-order valence-corrected chi connectivity index (χ2v) is 7.56. The van der Waals surface area contributed by atoms with E-state index in [-0.39, 0.29) is 42.4 Å². The molecule has 6 nitrogen and oxygen atoms in total. The number of benzene rings is 1. The summed E-state index contributed by atoms with van der Waals surface area (Å²) in [4.78, 5) is 13.6. The number of carbonyl (C=O) groups is 1. The first-order valence-corrected chi connectivity index (χ1v) is 8.89. The van der Waals surface area contributed by atoms with E-state index in [4.69, 9.17) is 0 Å². The number of nitrogens with one attached hydrogen (secondary N) is 1. The minimum atomic E-state index is -3.04. The molecule has 0 bridgehead atoms. The molecule has 128 valence electrons. The number of amides is 2. The summed E-state index contributed by atoms with van der Waals surface area (Å²) in [5.74, 6) is -0.0216. The molecule has 0 saturated carbocycles. The molecule has 1 N–H and O–H groups in total. The standard InChI is InChI=1S/C14H18F2N2O4S/c1-10(11-2-4-12(5-3-11)22-13(15)16)17-14(19)18-6-8-23(20,21)9-7-18/h2-5,10,13H,6-9H2,1H3,(H,17,19). The highest BCUT2D eigenvalue weighted by Crippen LogP contribution is 2.19. The quantitative estimate of drug-likeness (QED) is 0.900. The zero-order valence-electron chi connectivity index (χ0n) is 12.5. The number of ether oxygens (including phenoxy) is 1. The second-order valence-electron chi connectivity index (χ2n) is 5.26. The third-order valence-electron chi connectivity index (χ3n) is 3.58. The molecule has 1 aliphatic heterocycles. The lowest BCUT2D eigenvalue weighted by Gasteiger charge is -2.28. The topological polar surface area (TPSA) is 75.7 Å². The number of alkyl halides is 2. The summed E-state index contributed by atoms with van der Waals surface area (Å²) in [7, 11) is -3.04. The van der Waals surface area contributed by atoms with Gasteiger partial charge >= 0.3 is 12.6 Å². The molecule has 1 aromatic rings. The fraction of sp³-hybridized carbons (Fsp3) is 0.500. The van der Waals surface area contributed by atoms with Gasteiger partial charge < -0.3 is 15.0 Å². The second kappa shape index (κ2) is 7.12. The van der Waals surface area contributed by atoms with Crippen molar-refractivity contribution < 1.29 is 26.7 Å². The van der Waals surface area contributed by atoms with Crippen LogP contribution in [-0.2, 0) is 9.84 Å². The first-order chi connectivity index (χ1) is 10.8. The van der Waals surface area contributed by atoms with Crippen molar-refractivity contribution in [3.8, 4) is 5.75 Å². The van der Waals surface area contributed by atoms with Crippen LogP contribution in [0.1, 0.15) is 18.5 Å². The third-order valence-corrected chi connectivity index (χ3v) is 5.19. The van der Waals surface area contributed by atoms with Gasteiger partial charge in [0.2, 0.25) is 0 Å². The first kappa shape index (κ1) is 17.5. The number of nitrogens with zero attached hydrogens (tertiary/aromatic N) is 1. The van der Waals surface area contributed by atoms with Gasteiger partial charge in [0.05, 0.1) is 17.5 Å². The number of hydrogen-bond acceptors (Lipinski definition) is 4. The Morgan fingerprint density at radius 2 is 1.78 bits per heavy atom. The number of carbonyl (C=O) groups excluding carboxylic acids is 1. The summed E-state index contributed by atoms with van der Waals surface area (Å²) in [6.45, 7) is -0.792. The molecule has 0 radical (unpaired) electrons. The largest absolute Gasteiger partial charge is 0.435 e. The first-order valence-electron chi connectivity index (χ1n) is 7.07. The van der Waals surface area contributed by atoms with E-state index < -0.39 is 16.4 Å². The Balaban J connectivity index is 1.91. The van der Waals surface area contributed by atoms with E-state index >= 15 is 0 Å². The van der Waals surface area contributed by atoms with Gasteiger partial charge in [-0.2, -0.15) is 8.78 Å². The maximum Gasteiger partial charge on any atom is 0.387 e. The van der Waals surface area contributed by atoms with Gasteiger partial charge in [-0.3, -0.25) is 0 Å². The molecule has 23 heavy (non-hydrogen) atoms. The Kier molecular flexibility index (Phi) is 5.40. The Labute approximate surface area is 133 Å². The highest BCUT2D eigenvalue weighted by molar-refractivity contribution is 7.91. The van der Waals surface area contributed by atoms with Crippen LogP contribution in [0.2, 0.25) is 0 Å². The smallest absolute Gasteiger partial charge is 0.387 e. The zero-order chi connectivity index (χ0) is 17.0. The van der Waals surface area contributed by atoms with Gasteiger partial charge in [0.1, 0.15) is 5.75 Å². The predicted octanol–water partition coefficient (Wildman–Crippen LogP) is 1.79. The average Bonchev–Trinajstić information content (AvgIpc) is 2.47. The molecule has 1 aromatic carbocycles. The van der Waals surface area contributed by atoms with Crippen LogP contribution >= 0.6 is 0 Å². The van der Waals surface area contributed by atoms with Crippen LogP contribution in [0.3, 0.4) is 0 Å². The Bertz CT molecular complexity index is 635. The molecular weight excluding hydrogens is 330 g/mol. The fourth-order valence-corrected chi connectivity index (χ4v) is 3.41. The number of sulfone groups is 1. The molecule has 2 rings (SSSR count). The van der Waals surface area contributed by atoms with Crippen LogP contribution in [0.15, 0.2) is 24.3 Å². The van der Waals surface area contributed by atoms with Gasteiger partial charge in [-0.1, -0.05) is 12.1 Å². The SMILES string of the molecule is CC(NC(=O)N1CCS(=O)(=O)CC1)c1ccc(OC(F)F)cc1. The van der Waals surface area contributed by atoms with Crippen molar-refractivity contribution in [2.45, 2.75) is 19.6 Å². The van der Waals surface area contributed by atoms with Crippen molar-refractivity contribution >= 4 is 15.9 Å². The van der Waals surface area contributed by atoms with Crippen LogP contribution in [0.5, 0.6) is 5.75 Å². The maximum absolute atomic E-state index is 12.1. The molecule has 1 aliphatic rings. The lowest BCUT2D eigenvalue weighted by molar-refractivity contribution is -0.0498. The Morgan fingerprint density at radius 3 is 2.30 bits per heavy atom. The summed E-state index contributed by atoms with van der Waals surface area (Å²) in [6.07, 6.45) is 0. The van der Waals surface area contributed by atoms with E-state index in [2.05, 4.69) is 10.1 Å². The normalized spacial score (nSPS) is 18.5. The number of urea groups is 1. The summed E-state index contributed by atoms with van der Waals surface area (Å²) >= 11 is 0. The molecule has 1 saturated heterocycles. The van der Waals surface area contributed by atoms with Crippen LogP contribution in [0.25, 0.3) is 0 Å². The van der Waals surface area contributed by atoms with Crippen molar-refractivity contribution in [3.63, 3.8) is 0 Å². The highest BCUT2D eigenvalue weighted by atomic mass is 32.2. The molecule has 1 unspecified atom stereocenters. The molecule has 1 fully saturated rings. The minimum Gasteiger partial charge on any atom is -0.435 e. The molecule has 0 aromatic heterocycles. The zero-order valence-corrected chi connectivity index (χ0v) is 13.4. The predicted molar refractivity (Wildman–Crippen MR) is 80.2 cm³/mol. The number of hydrogen-bond donors (Lipinski definition) is 1. The van der Waals surface area contributed by atoms with E-state index in [1.54, 1.807) is 19.1 Å². The van der Waals surface area contributed by atoms with E-state index in [1.165, 1.54) is 17.0 Å². The summed E-state index contributed by atoms with van der Waals surface area (Å²) in [5.41, 5.74) is 0.726. The maximum atomic E-state index is 12.1. The number of halogens is 2. The van der Waals surface area contributed by atoms with Crippen LogP contribution in [0, 0.1) is 0 Å². The van der Waals surface area contributed by atoms with Crippen LogP contribution < -0.4 is 10.1 Å². The lowest BCUT2D eigenvalue weighted by atomic mass is 10.1. The molecule has 9 heteroatoms. The van der Waals surface area contributed by atoms with Gasteiger partial charge in [-0.15, -0.1) is 0 Å². The molecular formula is C14H18F2N2O4S. The number of rotatable bonds is 4. The van der Waals surface area contributed by atoms with Gasteiger partial charge in [0.15, 0.2) is 9.84 Å². The van der Waals surface area contributed by atoms with Gasteiger partial charge in [0, 0.05) is 13.1 Å². The Morgan fingerprint density at radius 1 is 1.22 bits per heavy atom. The monoisotopic (exact) mass is 348 g/mol. The van der Waals surface area contributed by atoms with Gasteiger partial charge in [-0.25, -0.2) is 13.2 Å². The van der Waals surface area contributed by atoms with Crippen molar-refractivity contribution in [2.75, 3.05) is 24.6 Å². The van der Waals surface area contributed by atoms with Crippen molar-refractivity contribution in [2.24, 2.45) is 0 Å². The van der Waals surface area contributed by atoms with E-state index in [0.717, 1.165) is 5.56 Å². The minimum absolute atomic E-state index is 0.0333. The summed E-state index contributed by atoms with van der Waals surface area (Å²) in [6, 6.07) is 5.28. The van der Waals surface area contributed by atoms with E-state index in [0.29, 0.717) is 0 Å². The lowest BCUT2D eigenvalue weighted by Crippen LogP contribution is -2.48. The highest BCUT2D eigenvalue weighted by Gasteiger charge is 2.25. The fourth-order valence-electron chi connectivity index (χ4n) is 2.21. The van der Waals surface area contributed by atoms with E-state index in [9.17, 15) is 22.0 Å². The molecule has 1 atom stereocenters. The molecule has 0 aliphatic carbocycles. The van der Waals surface area contributed by atoms with E-state index in [1.807, 2.05) is 0 Å². The van der Waals surface area contributed by atoms with Crippen molar-refractivity contribution in [3.05, 3.63) is 29.8 Å². The average molecular weight is 348 g/mol. The molecule has 2 amide bonds. The molecule has 1 heterocycles. The molecule has 0 spiro atoms. The van der Waals surface area contributed by atoms with Crippen LogP contribution in [0.4, 0.5) is 13.6 Å².